The molecule has 0 N–H and O–H groups in total. The van der Waals surface area contributed by atoms with Crippen LogP contribution >= 0.6 is 0 Å². The SMILES string of the molecule is CCOC(=O)C(C=O)c1cc(C)cc(C)c1. The molecule has 0 spiro atoms. The van der Waals surface area contributed by atoms with Crippen LogP contribution in [0.15, 0.2) is 18.2 Å². The Hall–Kier alpha value is -1.64. The molecule has 0 fully saturated rings. The van der Waals surface area contributed by atoms with Crippen LogP contribution in [-0.2, 0) is 14.3 Å². The van der Waals surface area contributed by atoms with Crippen molar-refractivity contribution in [1.82, 2.24) is 0 Å². The van der Waals surface area contributed by atoms with Gasteiger partial charge in [0.1, 0.15) is 12.2 Å². The number of hydrogen-bond donors (Lipinski definition) is 0. The monoisotopic (exact) mass is 220 g/mol. The van der Waals surface area contributed by atoms with Crippen LogP contribution in [0.4, 0.5) is 0 Å². The maximum atomic E-state index is 11.5. The van der Waals surface area contributed by atoms with E-state index < -0.39 is 11.9 Å². The molecule has 0 bridgehead atoms. The van der Waals surface area contributed by atoms with E-state index in [-0.39, 0.29) is 6.61 Å². The van der Waals surface area contributed by atoms with Crippen molar-refractivity contribution in [2.75, 3.05) is 6.61 Å². The van der Waals surface area contributed by atoms with Crippen LogP contribution in [0.3, 0.4) is 0 Å². The highest BCUT2D eigenvalue weighted by Crippen LogP contribution is 2.18. The lowest BCUT2D eigenvalue weighted by Crippen LogP contribution is -2.17. The topological polar surface area (TPSA) is 43.4 Å². The minimum Gasteiger partial charge on any atom is -0.465 e. The maximum Gasteiger partial charge on any atom is 0.320 e. The summed E-state index contributed by atoms with van der Waals surface area (Å²) in [6.07, 6.45) is 0.631. The molecule has 0 aliphatic heterocycles. The first-order valence-corrected chi connectivity index (χ1v) is 5.28. The summed E-state index contributed by atoms with van der Waals surface area (Å²) in [6, 6.07) is 5.67. The first kappa shape index (κ1) is 12.4. The minimum absolute atomic E-state index is 0.286. The minimum atomic E-state index is -0.807. The highest BCUT2D eigenvalue weighted by Gasteiger charge is 2.21. The summed E-state index contributed by atoms with van der Waals surface area (Å²) in [4.78, 5) is 22.5. The summed E-state index contributed by atoms with van der Waals surface area (Å²) < 4.78 is 4.86. The summed E-state index contributed by atoms with van der Waals surface area (Å²) in [5.41, 5.74) is 2.77. The fourth-order valence-corrected chi connectivity index (χ4v) is 1.69. The van der Waals surface area contributed by atoms with E-state index in [1.54, 1.807) is 6.92 Å². The standard InChI is InChI=1S/C13H16O3/c1-4-16-13(15)12(8-14)11-6-9(2)5-10(3)7-11/h5-8,12H,4H2,1-3H3. The molecule has 0 saturated heterocycles. The van der Waals surface area contributed by atoms with Crippen LogP contribution in [0, 0.1) is 13.8 Å². The van der Waals surface area contributed by atoms with Gasteiger partial charge in [-0.15, -0.1) is 0 Å². The molecule has 0 aliphatic carbocycles. The Balaban J connectivity index is 3.03. The number of benzene rings is 1. The molecule has 0 aromatic heterocycles. The zero-order valence-electron chi connectivity index (χ0n) is 9.82. The molecule has 0 radical (unpaired) electrons. The van der Waals surface area contributed by atoms with Gasteiger partial charge in [0.25, 0.3) is 0 Å². The quantitative estimate of drug-likeness (QED) is 0.443. The molecule has 1 unspecified atom stereocenters. The van der Waals surface area contributed by atoms with Crippen molar-refractivity contribution in [2.45, 2.75) is 26.7 Å². The zero-order chi connectivity index (χ0) is 12.1. The van der Waals surface area contributed by atoms with Crippen LogP contribution in [-0.4, -0.2) is 18.9 Å². The smallest absolute Gasteiger partial charge is 0.320 e. The summed E-state index contributed by atoms with van der Waals surface area (Å²) >= 11 is 0. The third kappa shape index (κ3) is 2.92. The molecule has 1 aromatic carbocycles. The predicted molar refractivity (Wildman–Crippen MR) is 61.4 cm³/mol. The number of carbonyl (C=O) groups is 2. The average molecular weight is 220 g/mol. The lowest BCUT2D eigenvalue weighted by molar-refractivity contribution is -0.146. The number of rotatable bonds is 4. The van der Waals surface area contributed by atoms with Gasteiger partial charge in [-0.25, -0.2) is 0 Å². The molecule has 0 saturated carbocycles. The summed E-state index contributed by atoms with van der Waals surface area (Å²) in [5, 5.41) is 0. The molecule has 1 aromatic rings. The van der Waals surface area contributed by atoms with E-state index in [4.69, 9.17) is 4.74 Å². The van der Waals surface area contributed by atoms with Crippen molar-refractivity contribution < 1.29 is 14.3 Å². The first-order chi connectivity index (χ1) is 7.58. The average Bonchev–Trinajstić information content (AvgIpc) is 2.17. The van der Waals surface area contributed by atoms with Crippen LogP contribution in [0.25, 0.3) is 0 Å². The van der Waals surface area contributed by atoms with E-state index in [1.165, 1.54) is 0 Å². The van der Waals surface area contributed by atoms with Gasteiger partial charge in [0.05, 0.1) is 6.61 Å². The Morgan fingerprint density at radius 2 is 1.88 bits per heavy atom. The number of aryl methyl sites for hydroxylation is 2. The van der Waals surface area contributed by atoms with Gasteiger partial charge in [-0.1, -0.05) is 29.3 Å². The molecular formula is C13H16O3. The molecule has 3 nitrogen and oxygen atoms in total. The summed E-state index contributed by atoms with van der Waals surface area (Å²) in [7, 11) is 0. The fraction of sp³-hybridized carbons (Fsp3) is 0.385. The molecule has 86 valence electrons. The lowest BCUT2D eigenvalue weighted by atomic mass is 9.97. The Morgan fingerprint density at radius 3 is 2.31 bits per heavy atom. The lowest BCUT2D eigenvalue weighted by Gasteiger charge is -2.11. The Kier molecular flexibility index (Phi) is 4.23. The zero-order valence-corrected chi connectivity index (χ0v) is 9.82. The van der Waals surface area contributed by atoms with Gasteiger partial charge in [-0.3, -0.25) is 4.79 Å². The van der Waals surface area contributed by atoms with Crippen molar-refractivity contribution in [2.24, 2.45) is 0 Å². The van der Waals surface area contributed by atoms with E-state index in [0.29, 0.717) is 11.8 Å². The van der Waals surface area contributed by atoms with Crippen LogP contribution < -0.4 is 0 Å². The molecule has 1 rings (SSSR count). The highest BCUT2D eigenvalue weighted by atomic mass is 16.5. The second-order valence-corrected chi connectivity index (χ2v) is 3.79. The molecule has 0 aliphatic rings. The van der Waals surface area contributed by atoms with Crippen LogP contribution in [0.1, 0.15) is 29.5 Å². The van der Waals surface area contributed by atoms with Gasteiger partial charge in [0, 0.05) is 0 Å². The third-order valence-corrected chi connectivity index (χ3v) is 2.28. The Morgan fingerprint density at radius 1 is 1.31 bits per heavy atom. The number of ether oxygens (including phenoxy) is 1. The van der Waals surface area contributed by atoms with E-state index in [9.17, 15) is 9.59 Å². The summed E-state index contributed by atoms with van der Waals surface area (Å²) in [5.74, 6) is -1.29. The van der Waals surface area contributed by atoms with E-state index in [0.717, 1.165) is 11.1 Å². The number of aldehydes is 1. The predicted octanol–water partition coefficient (Wildman–Crippen LogP) is 2.15. The van der Waals surface area contributed by atoms with E-state index in [1.807, 2.05) is 32.0 Å². The number of esters is 1. The van der Waals surface area contributed by atoms with Gasteiger partial charge in [0.2, 0.25) is 0 Å². The van der Waals surface area contributed by atoms with Crippen molar-refractivity contribution in [1.29, 1.82) is 0 Å². The van der Waals surface area contributed by atoms with Gasteiger partial charge < -0.3 is 9.53 Å². The second-order valence-electron chi connectivity index (χ2n) is 3.79. The first-order valence-electron chi connectivity index (χ1n) is 5.28. The highest BCUT2D eigenvalue weighted by molar-refractivity contribution is 5.94. The van der Waals surface area contributed by atoms with E-state index in [2.05, 4.69) is 0 Å². The third-order valence-electron chi connectivity index (χ3n) is 2.28. The van der Waals surface area contributed by atoms with E-state index >= 15 is 0 Å². The Labute approximate surface area is 95.4 Å². The van der Waals surface area contributed by atoms with Gasteiger partial charge in [0.15, 0.2) is 0 Å². The normalized spacial score (nSPS) is 11.9. The molecular weight excluding hydrogens is 204 g/mol. The fourth-order valence-electron chi connectivity index (χ4n) is 1.69. The van der Waals surface area contributed by atoms with Crippen LogP contribution in [0.2, 0.25) is 0 Å². The van der Waals surface area contributed by atoms with Crippen molar-refractivity contribution in [3.8, 4) is 0 Å². The van der Waals surface area contributed by atoms with Gasteiger partial charge >= 0.3 is 5.97 Å². The van der Waals surface area contributed by atoms with Crippen molar-refractivity contribution in [3.63, 3.8) is 0 Å². The molecule has 0 heterocycles. The number of carbonyl (C=O) groups excluding carboxylic acids is 2. The molecule has 0 amide bonds. The maximum absolute atomic E-state index is 11.5. The molecule has 1 atom stereocenters. The van der Waals surface area contributed by atoms with Gasteiger partial charge in [-0.05, 0) is 26.3 Å². The molecule has 3 heteroatoms. The van der Waals surface area contributed by atoms with Crippen LogP contribution in [0.5, 0.6) is 0 Å². The molecule has 16 heavy (non-hydrogen) atoms. The second kappa shape index (κ2) is 5.45. The van der Waals surface area contributed by atoms with Gasteiger partial charge in [-0.2, -0.15) is 0 Å². The largest absolute Gasteiger partial charge is 0.465 e. The Bertz CT molecular complexity index is 376. The summed E-state index contributed by atoms with van der Waals surface area (Å²) in [6.45, 7) is 5.88. The van der Waals surface area contributed by atoms with Crippen molar-refractivity contribution in [3.05, 3.63) is 34.9 Å². The number of hydrogen-bond acceptors (Lipinski definition) is 3. The van der Waals surface area contributed by atoms with Crippen molar-refractivity contribution >= 4 is 12.3 Å².